The molecule has 2 aromatic carbocycles. The zero-order valence-corrected chi connectivity index (χ0v) is 20.4. The third-order valence-corrected chi connectivity index (χ3v) is 6.52. The summed E-state index contributed by atoms with van der Waals surface area (Å²) in [5.74, 6) is -0.829. The molecular weight excluding hydrogens is 495 g/mol. The topological polar surface area (TPSA) is 81.7 Å². The lowest BCUT2D eigenvalue weighted by molar-refractivity contribution is -0.0500. The molecule has 11 heteroatoms. The second-order valence-electron chi connectivity index (χ2n) is 9.07. The molecule has 0 heterocycles. The average Bonchev–Trinajstić information content (AvgIpc) is 2.69. The molecule has 0 aromatic heterocycles. The van der Waals surface area contributed by atoms with Crippen molar-refractivity contribution < 1.29 is 35.3 Å². The molecule has 0 saturated carbocycles. The summed E-state index contributed by atoms with van der Waals surface area (Å²) in [7, 11) is -5.82. The summed E-state index contributed by atoms with van der Waals surface area (Å²) < 4.78 is 71.2. The Hall–Kier alpha value is -2.46. The number of alkyl carbamates (subject to hydrolysis) is 1. The summed E-state index contributed by atoms with van der Waals surface area (Å²) in [6.07, 6.45) is 0.888. The van der Waals surface area contributed by atoms with Gasteiger partial charge in [-0.3, -0.25) is 0 Å². The van der Waals surface area contributed by atoms with Crippen molar-refractivity contribution in [2.45, 2.75) is 63.1 Å². The Kier molecular flexibility index (Phi) is 7.43. The van der Waals surface area contributed by atoms with E-state index in [2.05, 4.69) is 9.50 Å². The van der Waals surface area contributed by atoms with Crippen LogP contribution in [0.5, 0.6) is 5.75 Å². The number of rotatable bonds is 5. The van der Waals surface area contributed by atoms with E-state index >= 15 is 0 Å². The highest BCUT2D eigenvalue weighted by molar-refractivity contribution is 7.88. The molecular formula is C23H25ClF3NO5S. The molecule has 0 bridgehead atoms. The minimum Gasteiger partial charge on any atom is -0.444 e. The Morgan fingerprint density at radius 1 is 1.12 bits per heavy atom. The predicted octanol–water partition coefficient (Wildman–Crippen LogP) is 5.73. The van der Waals surface area contributed by atoms with Gasteiger partial charge in [0.05, 0.1) is 0 Å². The molecule has 186 valence electrons. The minimum absolute atomic E-state index is 0.380. The van der Waals surface area contributed by atoms with E-state index in [0.717, 1.165) is 11.1 Å². The first-order valence-corrected chi connectivity index (χ1v) is 12.3. The first kappa shape index (κ1) is 26.2. The summed E-state index contributed by atoms with van der Waals surface area (Å²) >= 11 is 5.97. The quantitative estimate of drug-likeness (QED) is 0.403. The number of hydrogen-bond acceptors (Lipinski definition) is 5. The molecule has 1 N–H and O–H groups in total. The van der Waals surface area contributed by atoms with Crippen LogP contribution in [0.3, 0.4) is 0 Å². The van der Waals surface area contributed by atoms with Crippen molar-refractivity contribution in [3.63, 3.8) is 0 Å². The lowest BCUT2D eigenvalue weighted by Gasteiger charge is -2.35. The van der Waals surface area contributed by atoms with Gasteiger partial charge in [0.1, 0.15) is 11.4 Å². The van der Waals surface area contributed by atoms with Crippen LogP contribution in [0.25, 0.3) is 0 Å². The van der Waals surface area contributed by atoms with Crippen LogP contribution >= 0.6 is 11.6 Å². The molecule has 1 aliphatic carbocycles. The molecule has 2 aromatic rings. The van der Waals surface area contributed by atoms with Gasteiger partial charge in [-0.05, 0) is 81.0 Å². The fraction of sp³-hybridized carbons (Fsp3) is 0.435. The number of amides is 1. The molecule has 34 heavy (non-hydrogen) atoms. The van der Waals surface area contributed by atoms with Crippen LogP contribution < -0.4 is 9.50 Å². The van der Waals surface area contributed by atoms with Gasteiger partial charge in [0, 0.05) is 17.0 Å². The van der Waals surface area contributed by atoms with E-state index in [-0.39, 0.29) is 5.92 Å². The maximum atomic E-state index is 12.8. The summed E-state index contributed by atoms with van der Waals surface area (Å²) in [6.45, 7) is 5.20. The van der Waals surface area contributed by atoms with Gasteiger partial charge in [-0.1, -0.05) is 29.8 Å². The Balaban J connectivity index is 1.96. The van der Waals surface area contributed by atoms with Gasteiger partial charge in [0.25, 0.3) is 0 Å². The second kappa shape index (κ2) is 9.65. The molecule has 0 radical (unpaired) electrons. The van der Waals surface area contributed by atoms with Crippen molar-refractivity contribution in [2.24, 2.45) is 0 Å². The van der Waals surface area contributed by atoms with Crippen LogP contribution in [-0.4, -0.2) is 31.7 Å². The summed E-state index contributed by atoms with van der Waals surface area (Å²) in [5, 5.41) is 3.41. The van der Waals surface area contributed by atoms with E-state index in [1.165, 1.54) is 12.1 Å². The van der Waals surface area contributed by atoms with Gasteiger partial charge in [0.15, 0.2) is 0 Å². The summed E-state index contributed by atoms with van der Waals surface area (Å²) in [6, 6.07) is 10.7. The van der Waals surface area contributed by atoms with Crippen LogP contribution in [0.15, 0.2) is 42.5 Å². The van der Waals surface area contributed by atoms with Crippen molar-refractivity contribution in [2.75, 3.05) is 0 Å². The summed E-state index contributed by atoms with van der Waals surface area (Å²) in [5.41, 5.74) is -3.95. The molecule has 0 spiro atoms. The number of ether oxygens (including phenoxy) is 1. The number of fused-ring (bicyclic) bond motifs is 1. The van der Waals surface area contributed by atoms with Crippen molar-refractivity contribution in [3.8, 4) is 5.75 Å². The molecule has 0 fully saturated rings. The third-order valence-electron chi connectivity index (χ3n) is 5.29. The normalized spacial score (nSPS) is 18.7. The predicted molar refractivity (Wildman–Crippen MR) is 121 cm³/mol. The Labute approximate surface area is 201 Å². The first-order valence-electron chi connectivity index (χ1n) is 10.5. The number of benzene rings is 2. The number of alkyl halides is 3. The lowest BCUT2D eigenvalue weighted by atomic mass is 9.76. The fourth-order valence-electron chi connectivity index (χ4n) is 3.86. The standard InChI is InChI=1S/C23H25ClF3NO5S/c1-22(2,3)32-21(29)28-20-11-7-15-6-10-17(33-34(30,31)23(25,26)27)13-18(15)19(20)12-14-4-8-16(24)9-5-14/h4-6,8-10,13,19-20H,7,11-12H2,1-3H3,(H,28,29). The van der Waals surface area contributed by atoms with E-state index in [4.69, 9.17) is 16.3 Å². The number of halogens is 4. The van der Waals surface area contributed by atoms with E-state index in [1.807, 2.05) is 12.1 Å². The molecule has 2 unspecified atom stereocenters. The van der Waals surface area contributed by atoms with Crippen LogP contribution in [-0.2, 0) is 27.7 Å². The van der Waals surface area contributed by atoms with Gasteiger partial charge < -0.3 is 14.2 Å². The molecule has 0 aliphatic heterocycles. The smallest absolute Gasteiger partial charge is 0.444 e. The van der Waals surface area contributed by atoms with Crippen molar-refractivity contribution in [3.05, 3.63) is 64.2 Å². The zero-order valence-electron chi connectivity index (χ0n) is 18.8. The van der Waals surface area contributed by atoms with Crippen LogP contribution in [0.2, 0.25) is 5.02 Å². The lowest BCUT2D eigenvalue weighted by Crippen LogP contribution is -2.44. The van der Waals surface area contributed by atoms with Crippen LogP contribution in [0.4, 0.5) is 18.0 Å². The number of aryl methyl sites for hydroxylation is 1. The van der Waals surface area contributed by atoms with Crippen molar-refractivity contribution >= 4 is 27.8 Å². The minimum atomic E-state index is -5.82. The van der Waals surface area contributed by atoms with E-state index < -0.39 is 39.1 Å². The van der Waals surface area contributed by atoms with E-state index in [0.29, 0.717) is 29.8 Å². The number of carbonyl (C=O) groups is 1. The van der Waals surface area contributed by atoms with E-state index in [9.17, 15) is 26.4 Å². The highest BCUT2D eigenvalue weighted by Crippen LogP contribution is 2.38. The Morgan fingerprint density at radius 2 is 1.76 bits per heavy atom. The van der Waals surface area contributed by atoms with Crippen LogP contribution in [0, 0.1) is 0 Å². The molecule has 1 aliphatic rings. The molecule has 2 atom stereocenters. The monoisotopic (exact) mass is 519 g/mol. The largest absolute Gasteiger partial charge is 0.534 e. The van der Waals surface area contributed by atoms with E-state index in [1.54, 1.807) is 39.0 Å². The maximum Gasteiger partial charge on any atom is 0.534 e. The molecule has 3 rings (SSSR count). The number of hydrogen-bond donors (Lipinski definition) is 1. The SMILES string of the molecule is CC(C)(C)OC(=O)NC1CCc2ccc(OS(=O)(=O)C(F)(F)F)cc2C1Cc1ccc(Cl)cc1. The Bertz CT molecular complexity index is 1140. The maximum absolute atomic E-state index is 12.8. The highest BCUT2D eigenvalue weighted by Gasteiger charge is 2.48. The van der Waals surface area contributed by atoms with Gasteiger partial charge in [-0.25, -0.2) is 4.79 Å². The summed E-state index contributed by atoms with van der Waals surface area (Å²) in [4.78, 5) is 12.5. The van der Waals surface area contributed by atoms with Gasteiger partial charge >= 0.3 is 21.7 Å². The second-order valence-corrected chi connectivity index (χ2v) is 11.0. The molecule has 6 nitrogen and oxygen atoms in total. The number of carbonyl (C=O) groups excluding carboxylic acids is 1. The number of nitrogens with one attached hydrogen (secondary N) is 1. The highest BCUT2D eigenvalue weighted by atomic mass is 35.5. The fourth-order valence-corrected chi connectivity index (χ4v) is 4.44. The van der Waals surface area contributed by atoms with Crippen molar-refractivity contribution in [1.29, 1.82) is 0 Å². The molecule has 0 saturated heterocycles. The first-order chi connectivity index (χ1) is 15.6. The van der Waals surface area contributed by atoms with Gasteiger partial charge in [-0.15, -0.1) is 0 Å². The molecule has 1 amide bonds. The van der Waals surface area contributed by atoms with Gasteiger partial charge in [-0.2, -0.15) is 21.6 Å². The Morgan fingerprint density at radius 3 is 2.35 bits per heavy atom. The van der Waals surface area contributed by atoms with Crippen molar-refractivity contribution in [1.82, 2.24) is 5.32 Å². The van der Waals surface area contributed by atoms with Gasteiger partial charge in [0.2, 0.25) is 0 Å². The third kappa shape index (κ3) is 6.56. The van der Waals surface area contributed by atoms with Crippen LogP contribution in [0.1, 0.15) is 49.8 Å². The zero-order chi connectivity index (χ0) is 25.3. The average molecular weight is 520 g/mol.